The lowest BCUT2D eigenvalue weighted by molar-refractivity contribution is -0.119. The Kier molecular flexibility index (Phi) is 9.08. The highest BCUT2D eigenvalue weighted by Crippen LogP contribution is 2.18. The summed E-state index contributed by atoms with van der Waals surface area (Å²) in [7, 11) is 0. The maximum atomic E-state index is 12.1. The summed E-state index contributed by atoms with van der Waals surface area (Å²) in [6, 6.07) is 14.7. The van der Waals surface area contributed by atoms with Crippen LogP contribution in [-0.4, -0.2) is 17.6 Å². The van der Waals surface area contributed by atoms with Gasteiger partial charge >= 0.3 is 0 Å². The van der Waals surface area contributed by atoms with E-state index in [9.17, 15) is 4.79 Å². The zero-order valence-electron chi connectivity index (χ0n) is 15.5. The number of rotatable bonds is 9. The molecule has 27 heavy (non-hydrogen) atoms. The molecule has 2 aromatic carbocycles. The Morgan fingerprint density at radius 1 is 1.11 bits per heavy atom. The number of nitrogens with one attached hydrogen (secondary N) is 2. The number of halogens is 1. The Hall–Kier alpha value is -2.11. The topological polar surface area (TPSA) is 50.4 Å². The van der Waals surface area contributed by atoms with Gasteiger partial charge in [0.25, 0.3) is 0 Å². The first kappa shape index (κ1) is 21.2. The molecule has 0 fully saturated rings. The van der Waals surface area contributed by atoms with E-state index in [1.54, 1.807) is 12.1 Å². The Bertz CT molecular complexity index is 750. The van der Waals surface area contributed by atoms with Crippen molar-refractivity contribution in [2.45, 2.75) is 39.0 Å². The summed E-state index contributed by atoms with van der Waals surface area (Å²) in [6.45, 7) is 2.89. The second kappa shape index (κ2) is 11.6. The molecule has 0 saturated carbocycles. The van der Waals surface area contributed by atoms with E-state index < -0.39 is 0 Å². The van der Waals surface area contributed by atoms with Crippen LogP contribution in [0.3, 0.4) is 0 Å². The van der Waals surface area contributed by atoms with Crippen molar-refractivity contribution in [3.63, 3.8) is 0 Å². The van der Waals surface area contributed by atoms with Gasteiger partial charge in [-0.2, -0.15) is 0 Å². The van der Waals surface area contributed by atoms with Crippen molar-refractivity contribution >= 4 is 40.5 Å². The lowest BCUT2D eigenvalue weighted by Gasteiger charge is -2.11. The molecule has 0 saturated heterocycles. The molecule has 2 N–H and O–H groups in total. The summed E-state index contributed by atoms with van der Waals surface area (Å²) in [5, 5.41) is 6.60. The zero-order valence-corrected chi connectivity index (χ0v) is 17.0. The van der Waals surface area contributed by atoms with Gasteiger partial charge in [0.1, 0.15) is 5.75 Å². The van der Waals surface area contributed by atoms with Crippen LogP contribution in [0.25, 0.3) is 0 Å². The molecule has 0 spiro atoms. The number of hydrogen-bond donors (Lipinski definition) is 2. The lowest BCUT2D eigenvalue weighted by atomic mass is 10.1. The minimum atomic E-state index is -0.182. The van der Waals surface area contributed by atoms with E-state index in [1.165, 1.54) is 19.3 Å². The molecule has 0 bridgehead atoms. The predicted molar refractivity (Wildman–Crippen MR) is 116 cm³/mol. The number of unbranched alkanes of at least 4 members (excludes halogenated alkanes) is 3. The fraction of sp³-hybridized carbons (Fsp3) is 0.333. The lowest BCUT2D eigenvalue weighted by Crippen LogP contribution is -2.35. The van der Waals surface area contributed by atoms with E-state index in [4.69, 9.17) is 28.6 Å². The number of amides is 1. The van der Waals surface area contributed by atoms with Gasteiger partial charge in [0.15, 0.2) is 5.11 Å². The zero-order chi connectivity index (χ0) is 19.5. The SMILES string of the molecule is CCCCCCOc1cccc(NC(=S)NC(=O)Cc2ccc(Cl)cc2)c1. The smallest absolute Gasteiger partial charge is 0.230 e. The molecule has 6 heteroatoms. The fourth-order valence-corrected chi connectivity index (χ4v) is 2.86. The maximum absolute atomic E-state index is 12.1. The van der Waals surface area contributed by atoms with Crippen LogP contribution in [0.4, 0.5) is 5.69 Å². The van der Waals surface area contributed by atoms with Gasteiger partial charge in [0, 0.05) is 16.8 Å². The average molecular weight is 405 g/mol. The summed E-state index contributed by atoms with van der Waals surface area (Å²) in [6.07, 6.45) is 4.90. The van der Waals surface area contributed by atoms with Crippen LogP contribution in [0.1, 0.15) is 38.2 Å². The molecule has 0 aliphatic carbocycles. The van der Waals surface area contributed by atoms with Crippen LogP contribution in [0.2, 0.25) is 5.02 Å². The van der Waals surface area contributed by atoms with Crippen LogP contribution in [-0.2, 0) is 11.2 Å². The number of ether oxygens (including phenoxy) is 1. The van der Waals surface area contributed by atoms with Crippen molar-refractivity contribution in [1.29, 1.82) is 0 Å². The van der Waals surface area contributed by atoms with Crippen molar-refractivity contribution in [1.82, 2.24) is 5.32 Å². The number of thiocarbonyl (C=S) groups is 1. The average Bonchev–Trinajstić information content (AvgIpc) is 2.63. The number of anilines is 1. The standard InChI is InChI=1S/C21H25ClN2O2S/c1-2-3-4-5-13-26-19-8-6-7-18(15-19)23-21(27)24-20(25)14-16-9-11-17(22)12-10-16/h6-12,15H,2-5,13-14H2,1H3,(H2,23,24,25,27). The molecule has 1 amide bonds. The van der Waals surface area contributed by atoms with Crippen molar-refractivity contribution in [2.75, 3.05) is 11.9 Å². The van der Waals surface area contributed by atoms with E-state index in [0.29, 0.717) is 11.6 Å². The molecule has 4 nitrogen and oxygen atoms in total. The van der Waals surface area contributed by atoms with E-state index in [2.05, 4.69) is 17.6 Å². The summed E-state index contributed by atoms with van der Waals surface area (Å²) in [4.78, 5) is 12.1. The predicted octanol–water partition coefficient (Wildman–Crippen LogP) is 5.35. The number of carbonyl (C=O) groups excluding carboxylic acids is 1. The normalized spacial score (nSPS) is 10.3. The van der Waals surface area contributed by atoms with Crippen LogP contribution in [0.5, 0.6) is 5.75 Å². The molecular formula is C21H25ClN2O2S. The molecule has 0 aliphatic rings. The second-order valence-corrected chi connectivity index (χ2v) is 7.09. The third kappa shape index (κ3) is 8.41. The van der Waals surface area contributed by atoms with E-state index in [0.717, 1.165) is 23.4 Å². The molecular weight excluding hydrogens is 380 g/mol. The minimum absolute atomic E-state index is 0.182. The van der Waals surface area contributed by atoms with Crippen molar-refractivity contribution < 1.29 is 9.53 Å². The van der Waals surface area contributed by atoms with E-state index in [-0.39, 0.29) is 17.4 Å². The summed E-state index contributed by atoms with van der Waals surface area (Å²) in [5.74, 6) is 0.602. The Balaban J connectivity index is 1.78. The summed E-state index contributed by atoms with van der Waals surface area (Å²) in [5.41, 5.74) is 1.65. The van der Waals surface area contributed by atoms with Crippen LogP contribution >= 0.6 is 23.8 Å². The van der Waals surface area contributed by atoms with Gasteiger partial charge in [0.2, 0.25) is 5.91 Å². The largest absolute Gasteiger partial charge is 0.494 e. The summed E-state index contributed by atoms with van der Waals surface area (Å²) >= 11 is 11.1. The first-order valence-electron chi connectivity index (χ1n) is 9.15. The van der Waals surface area contributed by atoms with Gasteiger partial charge < -0.3 is 15.4 Å². The van der Waals surface area contributed by atoms with Gasteiger partial charge in [-0.25, -0.2) is 0 Å². The maximum Gasteiger partial charge on any atom is 0.230 e. The van der Waals surface area contributed by atoms with Crippen LogP contribution in [0, 0.1) is 0 Å². The molecule has 0 atom stereocenters. The highest BCUT2D eigenvalue weighted by Gasteiger charge is 2.07. The minimum Gasteiger partial charge on any atom is -0.494 e. The Labute approximate surface area is 171 Å². The van der Waals surface area contributed by atoms with Crippen LogP contribution in [0.15, 0.2) is 48.5 Å². The van der Waals surface area contributed by atoms with Gasteiger partial charge in [-0.05, 0) is 48.5 Å². The van der Waals surface area contributed by atoms with Gasteiger partial charge in [-0.15, -0.1) is 0 Å². The number of hydrogen-bond acceptors (Lipinski definition) is 3. The summed E-state index contributed by atoms with van der Waals surface area (Å²) < 4.78 is 5.76. The fourth-order valence-electron chi connectivity index (χ4n) is 2.50. The number of carbonyl (C=O) groups is 1. The van der Waals surface area contributed by atoms with E-state index in [1.807, 2.05) is 36.4 Å². The quantitative estimate of drug-likeness (QED) is 0.436. The van der Waals surface area contributed by atoms with Crippen molar-refractivity contribution in [3.05, 3.63) is 59.1 Å². The second-order valence-electron chi connectivity index (χ2n) is 6.24. The van der Waals surface area contributed by atoms with Gasteiger partial charge in [0.05, 0.1) is 13.0 Å². The molecule has 2 aromatic rings. The van der Waals surface area contributed by atoms with Crippen molar-refractivity contribution in [3.8, 4) is 5.75 Å². The van der Waals surface area contributed by atoms with Crippen LogP contribution < -0.4 is 15.4 Å². The number of benzene rings is 2. The molecule has 0 heterocycles. The van der Waals surface area contributed by atoms with Gasteiger partial charge in [-0.1, -0.05) is 56.0 Å². The molecule has 0 aliphatic heterocycles. The molecule has 2 rings (SSSR count). The molecule has 0 aromatic heterocycles. The molecule has 0 radical (unpaired) electrons. The Morgan fingerprint density at radius 3 is 2.63 bits per heavy atom. The van der Waals surface area contributed by atoms with Crippen molar-refractivity contribution in [2.24, 2.45) is 0 Å². The first-order chi connectivity index (χ1) is 13.1. The van der Waals surface area contributed by atoms with E-state index >= 15 is 0 Å². The third-order valence-corrected chi connectivity index (χ3v) is 4.35. The van der Waals surface area contributed by atoms with Gasteiger partial charge in [-0.3, -0.25) is 4.79 Å². The monoisotopic (exact) mass is 404 g/mol. The molecule has 0 unspecified atom stereocenters. The third-order valence-electron chi connectivity index (χ3n) is 3.89. The Morgan fingerprint density at radius 2 is 1.89 bits per heavy atom. The highest BCUT2D eigenvalue weighted by atomic mass is 35.5. The first-order valence-corrected chi connectivity index (χ1v) is 9.93. The highest BCUT2D eigenvalue weighted by molar-refractivity contribution is 7.80. The molecule has 144 valence electrons.